The molecule has 3 N–H and O–H groups in total. The Hall–Kier alpha value is -2.10. The second kappa shape index (κ2) is 8.84. The number of benzene rings is 2. The second-order valence-corrected chi connectivity index (χ2v) is 7.14. The van der Waals surface area contributed by atoms with Crippen LogP contribution < -0.4 is 0 Å². The number of unbranched alkanes of at least 4 members (excludes halogenated alkanes) is 1. The number of hydrogen-bond donors (Lipinski definition) is 3. The largest absolute Gasteiger partial charge is 0.508 e. The van der Waals surface area contributed by atoms with E-state index in [-0.39, 0.29) is 12.4 Å². The van der Waals surface area contributed by atoms with Crippen molar-refractivity contribution in [2.75, 3.05) is 0 Å². The molecule has 0 fully saturated rings. The van der Waals surface area contributed by atoms with Gasteiger partial charge in [-0.1, -0.05) is 48.9 Å². The predicted molar refractivity (Wildman–Crippen MR) is 103 cm³/mol. The van der Waals surface area contributed by atoms with Gasteiger partial charge in [0, 0.05) is 5.56 Å². The van der Waals surface area contributed by atoms with Crippen molar-refractivity contribution >= 4 is 12.2 Å². The summed E-state index contributed by atoms with van der Waals surface area (Å²) in [6, 6.07) is 13.6. The van der Waals surface area contributed by atoms with Gasteiger partial charge < -0.3 is 15.3 Å². The molecule has 2 aromatic rings. The van der Waals surface area contributed by atoms with Crippen molar-refractivity contribution in [2.24, 2.45) is 0 Å². The molecule has 0 aliphatic heterocycles. The van der Waals surface area contributed by atoms with E-state index < -0.39 is 5.60 Å². The Morgan fingerprint density at radius 1 is 0.960 bits per heavy atom. The van der Waals surface area contributed by atoms with Crippen LogP contribution in [0.2, 0.25) is 0 Å². The van der Waals surface area contributed by atoms with Crippen molar-refractivity contribution < 1.29 is 15.3 Å². The van der Waals surface area contributed by atoms with E-state index in [1.807, 2.05) is 32.1 Å². The maximum atomic E-state index is 9.75. The van der Waals surface area contributed by atoms with E-state index in [0.29, 0.717) is 5.56 Å². The first-order valence-electron chi connectivity index (χ1n) is 8.79. The summed E-state index contributed by atoms with van der Waals surface area (Å²) >= 11 is 0. The average molecular weight is 340 g/mol. The molecule has 0 saturated carbocycles. The average Bonchev–Trinajstić information content (AvgIpc) is 2.57. The highest BCUT2D eigenvalue weighted by atomic mass is 16.3. The van der Waals surface area contributed by atoms with Gasteiger partial charge in [-0.15, -0.1) is 0 Å². The highest BCUT2D eigenvalue weighted by molar-refractivity contribution is 5.70. The standard InChI is InChI=1S/C22H28O3/c1-22(2,25)13-4-3-6-17-7-5-8-18(14-17)9-10-19-11-12-21(24)20(15-19)16-23/h5,7-12,14-15,23-25H,3-4,6,13,16H2,1-2H3. The molecular weight excluding hydrogens is 312 g/mol. The molecule has 0 spiro atoms. The summed E-state index contributed by atoms with van der Waals surface area (Å²) < 4.78 is 0. The smallest absolute Gasteiger partial charge is 0.121 e. The van der Waals surface area contributed by atoms with Gasteiger partial charge in [0.2, 0.25) is 0 Å². The lowest BCUT2D eigenvalue weighted by molar-refractivity contribution is 0.0682. The van der Waals surface area contributed by atoms with E-state index >= 15 is 0 Å². The van der Waals surface area contributed by atoms with Gasteiger partial charge in [-0.25, -0.2) is 0 Å². The normalized spacial score (nSPS) is 12.0. The van der Waals surface area contributed by atoms with Gasteiger partial charge >= 0.3 is 0 Å². The van der Waals surface area contributed by atoms with Crippen molar-refractivity contribution in [3.8, 4) is 5.75 Å². The summed E-state index contributed by atoms with van der Waals surface area (Å²) in [5.74, 6) is 0.118. The molecule has 0 unspecified atom stereocenters. The van der Waals surface area contributed by atoms with Crippen LogP contribution in [0.4, 0.5) is 0 Å². The van der Waals surface area contributed by atoms with Gasteiger partial charge in [0.15, 0.2) is 0 Å². The molecular formula is C22H28O3. The molecule has 25 heavy (non-hydrogen) atoms. The van der Waals surface area contributed by atoms with Crippen LogP contribution in [0.5, 0.6) is 5.75 Å². The highest BCUT2D eigenvalue weighted by Crippen LogP contribution is 2.20. The zero-order valence-electron chi connectivity index (χ0n) is 15.1. The Morgan fingerprint density at radius 2 is 1.68 bits per heavy atom. The molecule has 2 rings (SSSR count). The minimum atomic E-state index is -0.581. The highest BCUT2D eigenvalue weighted by Gasteiger charge is 2.11. The third kappa shape index (κ3) is 6.73. The lowest BCUT2D eigenvalue weighted by Crippen LogP contribution is -2.17. The zero-order valence-corrected chi connectivity index (χ0v) is 15.1. The van der Waals surface area contributed by atoms with E-state index in [4.69, 9.17) is 0 Å². The van der Waals surface area contributed by atoms with Crippen molar-refractivity contribution in [3.05, 3.63) is 64.7 Å². The van der Waals surface area contributed by atoms with Crippen LogP contribution in [0.15, 0.2) is 42.5 Å². The molecule has 0 heterocycles. The Labute approximate surface area is 150 Å². The summed E-state index contributed by atoms with van der Waals surface area (Å²) in [4.78, 5) is 0. The van der Waals surface area contributed by atoms with Gasteiger partial charge in [-0.3, -0.25) is 0 Å². The first-order chi connectivity index (χ1) is 11.9. The fraction of sp³-hybridized carbons (Fsp3) is 0.364. The van der Waals surface area contributed by atoms with Crippen LogP contribution in [0.1, 0.15) is 55.4 Å². The number of hydrogen-bond acceptors (Lipinski definition) is 3. The monoisotopic (exact) mass is 340 g/mol. The SMILES string of the molecule is CC(C)(O)CCCCc1cccc(C=Cc2ccc(O)c(CO)c2)c1. The van der Waals surface area contributed by atoms with E-state index in [0.717, 1.165) is 36.8 Å². The summed E-state index contributed by atoms with van der Waals surface area (Å²) in [5.41, 5.74) is 3.31. The fourth-order valence-electron chi connectivity index (χ4n) is 2.77. The molecule has 0 atom stereocenters. The molecule has 0 amide bonds. The number of rotatable bonds is 8. The minimum absolute atomic E-state index is 0.118. The first kappa shape index (κ1) is 19.2. The number of aliphatic hydroxyl groups excluding tert-OH is 1. The molecule has 0 bridgehead atoms. The Morgan fingerprint density at radius 3 is 2.36 bits per heavy atom. The summed E-state index contributed by atoms with van der Waals surface area (Å²) in [6.07, 6.45) is 7.92. The van der Waals surface area contributed by atoms with Crippen LogP contribution in [0.3, 0.4) is 0 Å². The number of aryl methyl sites for hydroxylation is 1. The zero-order chi connectivity index (χ0) is 18.3. The summed E-state index contributed by atoms with van der Waals surface area (Å²) in [6.45, 7) is 3.53. The molecule has 3 heteroatoms. The molecule has 2 aromatic carbocycles. The number of phenols is 1. The minimum Gasteiger partial charge on any atom is -0.508 e. The number of aliphatic hydroxyl groups is 2. The van der Waals surface area contributed by atoms with Crippen LogP contribution in [-0.4, -0.2) is 20.9 Å². The molecule has 0 aromatic heterocycles. The van der Waals surface area contributed by atoms with Crippen molar-refractivity contribution in [2.45, 2.75) is 51.7 Å². The van der Waals surface area contributed by atoms with Crippen LogP contribution in [0, 0.1) is 0 Å². The summed E-state index contributed by atoms with van der Waals surface area (Å²) in [7, 11) is 0. The maximum absolute atomic E-state index is 9.75. The molecule has 0 saturated heterocycles. The van der Waals surface area contributed by atoms with Gasteiger partial charge in [0.05, 0.1) is 12.2 Å². The van der Waals surface area contributed by atoms with Gasteiger partial charge in [-0.2, -0.15) is 0 Å². The van der Waals surface area contributed by atoms with E-state index in [1.165, 1.54) is 5.56 Å². The second-order valence-electron chi connectivity index (χ2n) is 7.14. The van der Waals surface area contributed by atoms with Crippen molar-refractivity contribution in [1.82, 2.24) is 0 Å². The van der Waals surface area contributed by atoms with E-state index in [1.54, 1.807) is 12.1 Å². The fourth-order valence-corrected chi connectivity index (χ4v) is 2.77. The molecule has 0 aliphatic carbocycles. The molecule has 0 aliphatic rings. The third-order valence-electron chi connectivity index (χ3n) is 4.20. The Bertz CT molecular complexity index is 711. The molecule has 134 valence electrons. The maximum Gasteiger partial charge on any atom is 0.121 e. The topological polar surface area (TPSA) is 60.7 Å². The number of aromatic hydroxyl groups is 1. The van der Waals surface area contributed by atoms with Crippen molar-refractivity contribution in [1.29, 1.82) is 0 Å². The quantitative estimate of drug-likeness (QED) is 0.488. The first-order valence-corrected chi connectivity index (χ1v) is 8.79. The van der Waals surface area contributed by atoms with Crippen LogP contribution in [0.25, 0.3) is 12.2 Å². The van der Waals surface area contributed by atoms with Crippen molar-refractivity contribution in [3.63, 3.8) is 0 Å². The summed E-state index contributed by atoms with van der Waals surface area (Å²) in [5, 5.41) is 28.6. The van der Waals surface area contributed by atoms with Gasteiger partial charge in [0.1, 0.15) is 5.75 Å². The third-order valence-corrected chi connectivity index (χ3v) is 4.20. The van der Waals surface area contributed by atoms with E-state index in [2.05, 4.69) is 24.3 Å². The Kier molecular flexibility index (Phi) is 6.80. The van der Waals surface area contributed by atoms with Crippen LogP contribution in [-0.2, 0) is 13.0 Å². The van der Waals surface area contributed by atoms with E-state index in [9.17, 15) is 15.3 Å². The lowest BCUT2D eigenvalue weighted by atomic mass is 9.98. The Balaban J connectivity index is 1.96. The lowest BCUT2D eigenvalue weighted by Gasteiger charge is -2.16. The predicted octanol–water partition coefficient (Wildman–Crippen LogP) is 4.54. The molecule has 3 nitrogen and oxygen atoms in total. The van der Waals surface area contributed by atoms with Crippen LogP contribution >= 0.6 is 0 Å². The van der Waals surface area contributed by atoms with Gasteiger partial charge in [-0.05, 0) is 61.9 Å². The molecule has 0 radical (unpaired) electrons. The van der Waals surface area contributed by atoms with Gasteiger partial charge in [0.25, 0.3) is 0 Å².